The smallest absolute Gasteiger partial charge is 0.259 e. The number of pyridine rings is 1. The van der Waals surface area contributed by atoms with Crippen molar-refractivity contribution in [3.8, 4) is 17.2 Å². The molecule has 4 heterocycles. The second-order valence-corrected chi connectivity index (χ2v) is 8.88. The Hall–Kier alpha value is -3.88. The molecule has 0 radical (unpaired) electrons. The predicted octanol–water partition coefficient (Wildman–Crippen LogP) is 5.12. The minimum absolute atomic E-state index is 0.0972. The van der Waals surface area contributed by atoms with Gasteiger partial charge in [0, 0.05) is 30.4 Å². The standard InChI is InChI=1S/C25H22F2N6O/c1-14-9-18(26)17(10-21(14)32-12-20(29-13-32)15-5-6-15)25(34)31-23-4-2-3-19(30-23)24-28-11-16-7-8-22(27)33(16)24/h2-4,9-13,15,22H,5-8H2,1H3,(H,30,31,34)/t22-/m1/s1. The van der Waals surface area contributed by atoms with E-state index in [1.807, 2.05) is 10.8 Å². The molecule has 7 nitrogen and oxygen atoms in total. The molecular weight excluding hydrogens is 438 g/mol. The maximum absolute atomic E-state index is 14.8. The normalized spacial score (nSPS) is 17.1. The molecule has 6 rings (SSSR count). The number of hydrogen-bond acceptors (Lipinski definition) is 4. The SMILES string of the molecule is Cc1cc(F)c(C(=O)Nc2cccc(-c3ncc4n3[C@@H](F)CC4)n2)cc1-n1cnc(C2CC2)c1. The van der Waals surface area contributed by atoms with Crippen LogP contribution in [0.15, 0.2) is 49.1 Å². The van der Waals surface area contributed by atoms with Gasteiger partial charge in [-0.3, -0.25) is 9.36 Å². The van der Waals surface area contributed by atoms with Gasteiger partial charge in [0.1, 0.15) is 17.3 Å². The fourth-order valence-corrected chi connectivity index (χ4v) is 4.46. The van der Waals surface area contributed by atoms with Crippen LogP contribution in [0.25, 0.3) is 17.2 Å². The Kier molecular flexibility index (Phi) is 4.79. The number of nitrogens with one attached hydrogen (secondary N) is 1. The zero-order valence-corrected chi connectivity index (χ0v) is 18.5. The molecule has 3 aromatic heterocycles. The summed E-state index contributed by atoms with van der Waals surface area (Å²) in [4.78, 5) is 26.2. The molecule has 9 heteroatoms. The minimum Gasteiger partial charge on any atom is -0.306 e. The average molecular weight is 460 g/mol. The maximum atomic E-state index is 14.8. The second-order valence-electron chi connectivity index (χ2n) is 8.88. The van der Waals surface area contributed by atoms with Crippen LogP contribution in [0, 0.1) is 12.7 Å². The van der Waals surface area contributed by atoms with Crippen molar-refractivity contribution in [1.82, 2.24) is 24.1 Å². The molecule has 2 aliphatic rings. The van der Waals surface area contributed by atoms with E-state index < -0.39 is 18.0 Å². The van der Waals surface area contributed by atoms with Crippen LogP contribution in [-0.4, -0.2) is 30.0 Å². The highest BCUT2D eigenvalue weighted by atomic mass is 19.1. The van der Waals surface area contributed by atoms with E-state index >= 15 is 0 Å². The lowest BCUT2D eigenvalue weighted by Gasteiger charge is -2.12. The zero-order chi connectivity index (χ0) is 23.4. The Morgan fingerprint density at radius 2 is 2.03 bits per heavy atom. The third kappa shape index (κ3) is 3.57. The molecule has 34 heavy (non-hydrogen) atoms. The van der Waals surface area contributed by atoms with Crippen molar-refractivity contribution in [3.05, 3.63) is 77.4 Å². The lowest BCUT2D eigenvalue weighted by Crippen LogP contribution is -2.16. The second kappa shape index (κ2) is 7.86. The van der Waals surface area contributed by atoms with E-state index in [0.717, 1.165) is 24.2 Å². The van der Waals surface area contributed by atoms with Gasteiger partial charge >= 0.3 is 0 Å². The number of halogens is 2. The van der Waals surface area contributed by atoms with Gasteiger partial charge in [-0.25, -0.2) is 23.7 Å². The molecule has 1 saturated carbocycles. The van der Waals surface area contributed by atoms with Gasteiger partial charge in [0.25, 0.3) is 5.91 Å². The van der Waals surface area contributed by atoms with E-state index in [-0.39, 0.29) is 11.4 Å². The van der Waals surface area contributed by atoms with Crippen LogP contribution >= 0.6 is 0 Å². The number of anilines is 1. The predicted molar refractivity (Wildman–Crippen MR) is 122 cm³/mol. The lowest BCUT2D eigenvalue weighted by molar-refractivity contribution is 0.102. The van der Waals surface area contributed by atoms with Gasteiger partial charge in [-0.1, -0.05) is 6.07 Å². The van der Waals surface area contributed by atoms with Gasteiger partial charge in [-0.05, 0) is 56.0 Å². The minimum atomic E-state index is -1.14. The number of fused-ring (bicyclic) bond motifs is 1. The Morgan fingerprint density at radius 1 is 1.18 bits per heavy atom. The van der Waals surface area contributed by atoms with Crippen LogP contribution < -0.4 is 5.32 Å². The number of imidazole rings is 2. The number of amides is 1. The summed E-state index contributed by atoms with van der Waals surface area (Å²) in [5.74, 6) is -0.113. The molecule has 1 N–H and O–H groups in total. The van der Waals surface area contributed by atoms with E-state index in [1.165, 1.54) is 16.7 Å². The van der Waals surface area contributed by atoms with E-state index in [0.29, 0.717) is 41.5 Å². The van der Waals surface area contributed by atoms with Gasteiger partial charge in [-0.2, -0.15) is 0 Å². The summed E-state index contributed by atoms with van der Waals surface area (Å²) < 4.78 is 32.4. The molecule has 0 unspecified atom stereocenters. The Labute approximate surface area is 194 Å². The van der Waals surface area contributed by atoms with Crippen LogP contribution in [0.2, 0.25) is 0 Å². The van der Waals surface area contributed by atoms with Gasteiger partial charge < -0.3 is 9.88 Å². The third-order valence-corrected chi connectivity index (χ3v) is 6.42. The third-order valence-electron chi connectivity index (χ3n) is 6.42. The van der Waals surface area contributed by atoms with Gasteiger partial charge in [-0.15, -0.1) is 0 Å². The number of carbonyl (C=O) groups is 1. The number of alkyl halides is 1. The molecule has 1 aliphatic heterocycles. The molecule has 1 fully saturated rings. The fourth-order valence-electron chi connectivity index (χ4n) is 4.46. The molecule has 4 aromatic rings. The maximum Gasteiger partial charge on any atom is 0.259 e. The number of nitrogens with zero attached hydrogens (tertiary/aromatic N) is 5. The van der Waals surface area contributed by atoms with Crippen LogP contribution in [0.4, 0.5) is 14.6 Å². The van der Waals surface area contributed by atoms with E-state index in [9.17, 15) is 13.6 Å². The lowest BCUT2D eigenvalue weighted by atomic mass is 10.1. The summed E-state index contributed by atoms with van der Waals surface area (Å²) in [5, 5.41) is 2.67. The van der Waals surface area contributed by atoms with Crippen LogP contribution in [0.5, 0.6) is 0 Å². The molecule has 1 aliphatic carbocycles. The molecule has 1 amide bonds. The van der Waals surface area contributed by atoms with Crippen LogP contribution in [0.3, 0.4) is 0 Å². The molecule has 0 spiro atoms. The monoisotopic (exact) mass is 460 g/mol. The number of aryl methyl sites for hydroxylation is 2. The summed E-state index contributed by atoms with van der Waals surface area (Å²) >= 11 is 0. The van der Waals surface area contributed by atoms with Gasteiger partial charge in [0.2, 0.25) is 0 Å². The number of rotatable bonds is 5. The molecule has 0 saturated heterocycles. The largest absolute Gasteiger partial charge is 0.306 e. The summed E-state index contributed by atoms with van der Waals surface area (Å²) in [6.45, 7) is 1.79. The Morgan fingerprint density at radius 3 is 2.85 bits per heavy atom. The summed E-state index contributed by atoms with van der Waals surface area (Å²) in [7, 11) is 0. The van der Waals surface area contributed by atoms with Crippen molar-refractivity contribution in [3.63, 3.8) is 0 Å². The van der Waals surface area contributed by atoms with Crippen molar-refractivity contribution in [1.29, 1.82) is 0 Å². The molecule has 1 atom stereocenters. The van der Waals surface area contributed by atoms with Gasteiger partial charge in [0.15, 0.2) is 12.1 Å². The topological polar surface area (TPSA) is 77.6 Å². The summed E-state index contributed by atoms with van der Waals surface area (Å²) in [5.41, 5.74) is 3.55. The van der Waals surface area contributed by atoms with Crippen molar-refractivity contribution in [2.24, 2.45) is 0 Å². The summed E-state index contributed by atoms with van der Waals surface area (Å²) in [6.07, 6.45) is 7.44. The number of hydrogen-bond donors (Lipinski definition) is 1. The van der Waals surface area contributed by atoms with Crippen molar-refractivity contribution < 1.29 is 13.6 Å². The number of benzene rings is 1. The van der Waals surface area contributed by atoms with E-state index in [1.54, 1.807) is 37.6 Å². The van der Waals surface area contributed by atoms with Crippen molar-refractivity contribution in [2.45, 2.75) is 44.8 Å². The number of aromatic nitrogens is 5. The highest BCUT2D eigenvalue weighted by molar-refractivity contribution is 6.04. The molecular formula is C25H22F2N6O. The Balaban J connectivity index is 1.28. The quantitative estimate of drug-likeness (QED) is 0.448. The summed E-state index contributed by atoms with van der Waals surface area (Å²) in [6, 6.07) is 7.88. The average Bonchev–Trinajstić information content (AvgIpc) is 3.23. The van der Waals surface area contributed by atoms with Crippen molar-refractivity contribution >= 4 is 11.7 Å². The first-order chi connectivity index (χ1) is 16.5. The van der Waals surface area contributed by atoms with Crippen molar-refractivity contribution in [2.75, 3.05) is 5.32 Å². The Bertz CT molecular complexity index is 1420. The highest BCUT2D eigenvalue weighted by Crippen LogP contribution is 2.39. The molecule has 0 bridgehead atoms. The van der Waals surface area contributed by atoms with Crippen LogP contribution in [-0.2, 0) is 6.42 Å². The van der Waals surface area contributed by atoms with E-state index in [4.69, 9.17) is 0 Å². The van der Waals surface area contributed by atoms with Gasteiger partial charge in [0.05, 0.1) is 23.3 Å². The van der Waals surface area contributed by atoms with Crippen LogP contribution in [0.1, 0.15) is 58.8 Å². The first-order valence-corrected chi connectivity index (χ1v) is 11.3. The number of carbonyl (C=O) groups excluding carboxylic acids is 1. The first kappa shape index (κ1) is 20.7. The molecule has 1 aromatic carbocycles. The highest BCUT2D eigenvalue weighted by Gasteiger charge is 2.27. The first-order valence-electron chi connectivity index (χ1n) is 11.3. The molecule has 172 valence electrons. The fraction of sp³-hybridized carbons (Fsp3) is 0.280. The zero-order valence-electron chi connectivity index (χ0n) is 18.5. The van der Waals surface area contributed by atoms with E-state index in [2.05, 4.69) is 20.3 Å².